The second kappa shape index (κ2) is 5.35. The smallest absolute Gasteiger partial charge is 0.339 e. The number of ether oxygens (including phenoxy) is 2. The van der Waals surface area contributed by atoms with Gasteiger partial charge in [0.15, 0.2) is 0 Å². The van der Waals surface area contributed by atoms with Crippen LogP contribution in [0.15, 0.2) is 39.7 Å². The Morgan fingerprint density at radius 3 is 2.31 bits per heavy atom. The van der Waals surface area contributed by atoms with E-state index < -0.39 is 21.1 Å². The van der Waals surface area contributed by atoms with Crippen LogP contribution >= 0.6 is 26.2 Å². The van der Waals surface area contributed by atoms with Gasteiger partial charge in [0.05, 0.1) is 19.3 Å². The fraction of sp³-hybridized carbons (Fsp3) is 0.188. The van der Waals surface area contributed by atoms with Crippen LogP contribution in [0, 0.1) is 0 Å². The minimum atomic E-state index is -9.73. The Morgan fingerprint density at radius 2 is 1.77 bits per heavy atom. The fourth-order valence-electron chi connectivity index (χ4n) is 2.77. The number of benzene rings is 2. The first kappa shape index (κ1) is 19.0. The van der Waals surface area contributed by atoms with E-state index in [1.165, 1.54) is 13.2 Å². The molecular formula is C16H12BrF5O3S. The van der Waals surface area contributed by atoms with E-state index in [0.717, 1.165) is 12.1 Å². The Morgan fingerprint density at radius 1 is 1.15 bits per heavy atom. The molecule has 2 aromatic rings. The number of carbonyl (C=O) groups excluding carboxylic acids is 1. The highest BCUT2D eigenvalue weighted by Crippen LogP contribution is 3.02. The summed E-state index contributed by atoms with van der Waals surface area (Å²) in [6, 6.07) is 4.09. The number of rotatable bonds is 3. The minimum Gasteiger partial charge on any atom is -0.492 e. The van der Waals surface area contributed by atoms with E-state index in [-0.39, 0.29) is 17.7 Å². The van der Waals surface area contributed by atoms with Gasteiger partial charge in [-0.05, 0) is 39.7 Å². The normalized spacial score (nSPS) is 16.3. The van der Waals surface area contributed by atoms with E-state index in [2.05, 4.69) is 15.9 Å². The van der Waals surface area contributed by atoms with Crippen LogP contribution in [0.3, 0.4) is 0 Å². The molecule has 0 amide bonds. The SMILES string of the molecule is COC(=O)c1c(Br)cc(-c2ccc(S(F)(F)(F)(F)F)cc2)c2c1CCO2. The zero-order valence-corrected chi connectivity index (χ0v) is 15.6. The van der Waals surface area contributed by atoms with Gasteiger partial charge in [-0.25, -0.2) is 4.79 Å². The summed E-state index contributed by atoms with van der Waals surface area (Å²) in [5, 5.41) is 0. The third-order valence-corrected chi connectivity index (χ3v) is 5.72. The summed E-state index contributed by atoms with van der Waals surface area (Å²) in [7, 11) is -8.50. The zero-order valence-electron chi connectivity index (χ0n) is 13.2. The third-order valence-electron chi connectivity index (χ3n) is 3.93. The molecule has 1 aliphatic rings. The maximum absolute atomic E-state index is 12.9. The lowest BCUT2D eigenvalue weighted by molar-refractivity contribution is 0.0598. The van der Waals surface area contributed by atoms with Gasteiger partial charge in [0.1, 0.15) is 10.6 Å². The number of halogens is 6. The lowest BCUT2D eigenvalue weighted by atomic mass is 9.97. The zero-order chi connectivity index (χ0) is 19.4. The molecule has 0 bridgehead atoms. The Labute approximate surface area is 153 Å². The molecule has 3 rings (SSSR count). The van der Waals surface area contributed by atoms with Crippen molar-refractivity contribution < 1.29 is 33.7 Å². The van der Waals surface area contributed by atoms with Crippen molar-refractivity contribution in [2.75, 3.05) is 13.7 Å². The first-order chi connectivity index (χ1) is 11.8. The van der Waals surface area contributed by atoms with Crippen LogP contribution in [0.1, 0.15) is 15.9 Å². The van der Waals surface area contributed by atoms with Crippen LogP contribution in [-0.4, -0.2) is 19.7 Å². The number of carbonyl (C=O) groups is 1. The van der Waals surface area contributed by atoms with E-state index in [0.29, 0.717) is 39.9 Å². The molecule has 3 nitrogen and oxygen atoms in total. The first-order valence-corrected chi connectivity index (χ1v) is 9.97. The van der Waals surface area contributed by atoms with E-state index >= 15 is 0 Å². The summed E-state index contributed by atoms with van der Waals surface area (Å²) in [5.74, 6) is -0.255. The lowest BCUT2D eigenvalue weighted by Crippen LogP contribution is -2.07. The monoisotopic (exact) mass is 458 g/mol. The molecule has 1 heterocycles. The van der Waals surface area contributed by atoms with Gasteiger partial charge in [-0.15, -0.1) is 0 Å². The van der Waals surface area contributed by atoms with Gasteiger partial charge in [0.25, 0.3) is 0 Å². The molecule has 10 heteroatoms. The summed E-state index contributed by atoms with van der Waals surface area (Å²) in [6.45, 7) is 0.284. The maximum Gasteiger partial charge on any atom is 0.339 e. The Bertz CT molecular complexity index is 911. The highest BCUT2D eigenvalue weighted by Gasteiger charge is 2.65. The molecule has 142 valence electrons. The van der Waals surface area contributed by atoms with Crippen molar-refractivity contribution in [1.82, 2.24) is 0 Å². The molecule has 1 aliphatic heterocycles. The van der Waals surface area contributed by atoms with Crippen molar-refractivity contribution >= 4 is 32.1 Å². The van der Waals surface area contributed by atoms with Crippen LogP contribution in [0.2, 0.25) is 0 Å². The molecule has 26 heavy (non-hydrogen) atoms. The van der Waals surface area contributed by atoms with Gasteiger partial charge in [-0.2, -0.15) is 0 Å². The maximum atomic E-state index is 12.9. The molecular weight excluding hydrogens is 447 g/mol. The molecule has 0 saturated heterocycles. The predicted molar refractivity (Wildman–Crippen MR) is 91.5 cm³/mol. The molecule has 0 saturated carbocycles. The van der Waals surface area contributed by atoms with Gasteiger partial charge in [-0.3, -0.25) is 0 Å². The largest absolute Gasteiger partial charge is 0.492 e. The minimum absolute atomic E-state index is 0.255. The Kier molecular flexibility index (Phi) is 3.90. The Hall–Kier alpha value is -1.81. The highest BCUT2D eigenvalue weighted by atomic mass is 79.9. The van der Waals surface area contributed by atoms with Crippen molar-refractivity contribution in [3.63, 3.8) is 0 Å². The third kappa shape index (κ3) is 3.39. The second-order valence-corrected chi connectivity index (χ2v) is 8.94. The number of esters is 1. The molecule has 0 aliphatic carbocycles. The number of fused-ring (bicyclic) bond motifs is 1. The molecule has 0 fully saturated rings. The predicted octanol–water partition coefficient (Wildman–Crippen LogP) is 6.50. The van der Waals surface area contributed by atoms with Crippen LogP contribution in [-0.2, 0) is 11.2 Å². The van der Waals surface area contributed by atoms with Crippen molar-refractivity contribution in [3.8, 4) is 16.9 Å². The number of methoxy groups -OCH3 is 1. The van der Waals surface area contributed by atoms with E-state index in [1.807, 2.05) is 0 Å². The van der Waals surface area contributed by atoms with E-state index in [1.54, 1.807) is 0 Å². The quantitative estimate of drug-likeness (QED) is 0.389. The second-order valence-electron chi connectivity index (χ2n) is 5.67. The Balaban J connectivity index is 2.14. The summed E-state index contributed by atoms with van der Waals surface area (Å²) in [4.78, 5) is 9.99. The lowest BCUT2D eigenvalue weighted by Gasteiger charge is -2.40. The average Bonchev–Trinajstić information content (AvgIpc) is 3.00. The molecule has 0 N–H and O–H groups in total. The summed E-state index contributed by atoms with van der Waals surface area (Å²) in [5.41, 5.74) is 1.47. The standard InChI is InChI=1S/C16H12BrF5O3S/c1-24-16(23)14-11-6-7-25-15(11)12(8-13(14)17)9-2-4-10(5-3-9)26(18,19,20,21)22/h2-5,8H,6-7H2,1H3. The van der Waals surface area contributed by atoms with Gasteiger partial charge < -0.3 is 9.47 Å². The fourth-order valence-corrected chi connectivity index (χ4v) is 4.05. The summed E-state index contributed by atoms with van der Waals surface area (Å²) >= 11 is 3.25. The molecule has 0 unspecified atom stereocenters. The van der Waals surface area contributed by atoms with Gasteiger partial charge in [0.2, 0.25) is 0 Å². The summed E-state index contributed by atoms with van der Waals surface area (Å²) in [6.07, 6.45) is 0.412. The number of hydrogen-bond donors (Lipinski definition) is 0. The highest BCUT2D eigenvalue weighted by molar-refractivity contribution is 9.10. The first-order valence-electron chi connectivity index (χ1n) is 7.23. The molecule has 2 aromatic carbocycles. The van der Waals surface area contributed by atoms with E-state index in [9.17, 15) is 24.2 Å². The van der Waals surface area contributed by atoms with Gasteiger partial charge in [0, 0.05) is 22.0 Å². The molecule has 0 radical (unpaired) electrons. The van der Waals surface area contributed by atoms with Crippen LogP contribution in [0.5, 0.6) is 5.75 Å². The summed E-state index contributed by atoms with van der Waals surface area (Å²) < 4.78 is 74.9. The topological polar surface area (TPSA) is 35.5 Å². The van der Waals surface area contributed by atoms with Crippen molar-refractivity contribution in [1.29, 1.82) is 0 Å². The van der Waals surface area contributed by atoms with Crippen LogP contribution < -0.4 is 4.74 Å². The molecule has 0 spiro atoms. The molecule has 0 atom stereocenters. The van der Waals surface area contributed by atoms with Crippen molar-refractivity contribution in [3.05, 3.63) is 45.9 Å². The van der Waals surface area contributed by atoms with Crippen LogP contribution in [0.25, 0.3) is 11.1 Å². The van der Waals surface area contributed by atoms with Gasteiger partial charge in [-0.1, -0.05) is 31.6 Å². The van der Waals surface area contributed by atoms with Crippen molar-refractivity contribution in [2.24, 2.45) is 0 Å². The van der Waals surface area contributed by atoms with Gasteiger partial charge >= 0.3 is 16.2 Å². The van der Waals surface area contributed by atoms with Crippen LogP contribution in [0.4, 0.5) is 19.4 Å². The molecule has 0 aromatic heterocycles. The van der Waals surface area contributed by atoms with E-state index in [4.69, 9.17) is 9.47 Å². The number of hydrogen-bond acceptors (Lipinski definition) is 3. The average molecular weight is 459 g/mol. The van der Waals surface area contributed by atoms with Crippen molar-refractivity contribution in [2.45, 2.75) is 11.3 Å².